The third-order valence-corrected chi connectivity index (χ3v) is 9.55. The van der Waals surface area contributed by atoms with Crippen molar-refractivity contribution >= 4 is 68.8 Å². The quantitative estimate of drug-likeness (QED) is 0.285. The SMILES string of the molecule is COc1ccc(NC(=O)CSc2nnc(N3C(N)=C(C#N)C(c4ccc(Cl)c(Cl)c4)C4=C3CCCC4=O)s2)cc1OC. The molecule has 216 valence electrons. The number of nitriles is 1. The van der Waals surface area contributed by atoms with E-state index in [2.05, 4.69) is 21.6 Å². The first kappa shape index (κ1) is 29.7. The number of aromatic nitrogens is 2. The number of hydrogen-bond donors (Lipinski definition) is 2. The van der Waals surface area contributed by atoms with Crippen molar-refractivity contribution in [1.29, 1.82) is 5.26 Å². The number of nitrogens with one attached hydrogen (secondary N) is 1. The molecular weight excluding hydrogens is 619 g/mol. The predicted molar refractivity (Wildman–Crippen MR) is 163 cm³/mol. The zero-order valence-corrected chi connectivity index (χ0v) is 25.6. The van der Waals surface area contributed by atoms with Crippen molar-refractivity contribution in [1.82, 2.24) is 10.2 Å². The van der Waals surface area contributed by atoms with E-state index in [1.54, 1.807) is 41.3 Å². The number of carbonyl (C=O) groups is 2. The van der Waals surface area contributed by atoms with Gasteiger partial charge < -0.3 is 20.5 Å². The van der Waals surface area contributed by atoms with Crippen molar-refractivity contribution in [2.24, 2.45) is 5.73 Å². The lowest BCUT2D eigenvalue weighted by Gasteiger charge is -2.38. The number of nitrogens with two attached hydrogens (primary N) is 1. The summed E-state index contributed by atoms with van der Waals surface area (Å²) in [6.45, 7) is 0. The van der Waals surface area contributed by atoms with Gasteiger partial charge in [-0.05, 0) is 42.7 Å². The predicted octanol–water partition coefficient (Wildman–Crippen LogP) is 5.90. The Balaban J connectivity index is 1.39. The van der Waals surface area contributed by atoms with Crippen molar-refractivity contribution < 1.29 is 19.1 Å². The second-order valence-corrected chi connectivity index (χ2v) is 12.2. The largest absolute Gasteiger partial charge is 0.493 e. The fourth-order valence-electron chi connectivity index (χ4n) is 4.92. The van der Waals surface area contributed by atoms with Crippen molar-refractivity contribution in [3.8, 4) is 17.6 Å². The summed E-state index contributed by atoms with van der Waals surface area (Å²) in [5.74, 6) is 0.301. The summed E-state index contributed by atoms with van der Waals surface area (Å²) in [4.78, 5) is 27.6. The van der Waals surface area contributed by atoms with Crippen LogP contribution in [-0.2, 0) is 9.59 Å². The summed E-state index contributed by atoms with van der Waals surface area (Å²) < 4.78 is 11.0. The van der Waals surface area contributed by atoms with Crippen LogP contribution in [0, 0.1) is 11.3 Å². The van der Waals surface area contributed by atoms with E-state index in [1.807, 2.05) is 0 Å². The molecule has 3 aromatic rings. The molecule has 1 amide bonds. The van der Waals surface area contributed by atoms with Crippen LogP contribution >= 0.6 is 46.3 Å². The highest BCUT2D eigenvalue weighted by Gasteiger charge is 2.41. The van der Waals surface area contributed by atoms with Gasteiger partial charge in [-0.15, -0.1) is 10.2 Å². The number of amides is 1. The van der Waals surface area contributed by atoms with Crippen LogP contribution in [0.2, 0.25) is 10.0 Å². The van der Waals surface area contributed by atoms with Gasteiger partial charge in [0.25, 0.3) is 0 Å². The van der Waals surface area contributed by atoms with E-state index in [0.29, 0.717) is 72.8 Å². The van der Waals surface area contributed by atoms with E-state index in [9.17, 15) is 14.9 Å². The molecule has 0 bridgehead atoms. The maximum Gasteiger partial charge on any atom is 0.234 e. The fourth-order valence-corrected chi connectivity index (χ4v) is 6.91. The first-order chi connectivity index (χ1) is 20.2. The van der Waals surface area contributed by atoms with E-state index in [1.165, 1.54) is 37.3 Å². The molecule has 2 aromatic carbocycles. The van der Waals surface area contributed by atoms with Crippen LogP contribution in [0.15, 0.2) is 63.4 Å². The number of Topliss-reactive ketones (excluding diaryl/α,β-unsaturated/α-hetero) is 1. The minimum atomic E-state index is -0.675. The Bertz CT molecular complexity index is 1680. The van der Waals surface area contributed by atoms with Gasteiger partial charge in [0, 0.05) is 29.4 Å². The van der Waals surface area contributed by atoms with Gasteiger partial charge in [-0.2, -0.15) is 5.26 Å². The Hall–Kier alpha value is -3.76. The molecule has 10 nitrogen and oxygen atoms in total. The molecule has 0 spiro atoms. The minimum absolute atomic E-state index is 0.0662. The molecule has 0 saturated heterocycles. The standard InChI is InChI=1S/C28H24Cl2N6O4S2/c1-39-21-9-7-15(11-22(21)40-2)33-23(38)13-41-28-35-34-27(42-28)36-19-4-3-5-20(37)25(19)24(16(12-31)26(36)32)14-6-8-17(29)18(30)10-14/h6-11,24H,3-5,13,32H2,1-2H3,(H,33,38). The number of methoxy groups -OCH3 is 2. The second-order valence-electron chi connectivity index (χ2n) is 9.25. The van der Waals surface area contributed by atoms with E-state index in [0.717, 1.165) is 0 Å². The topological polar surface area (TPSA) is 143 Å². The van der Waals surface area contributed by atoms with Gasteiger partial charge in [0.05, 0.1) is 47.6 Å². The molecule has 14 heteroatoms. The van der Waals surface area contributed by atoms with Crippen LogP contribution in [0.1, 0.15) is 30.7 Å². The highest BCUT2D eigenvalue weighted by Crippen LogP contribution is 2.47. The number of carbonyl (C=O) groups excluding carboxylic acids is 2. The summed E-state index contributed by atoms with van der Waals surface area (Å²) >= 11 is 14.8. The van der Waals surface area contributed by atoms with Crippen molar-refractivity contribution in [2.75, 3.05) is 30.2 Å². The Kier molecular flexibility index (Phi) is 8.93. The number of thioether (sulfide) groups is 1. The minimum Gasteiger partial charge on any atom is -0.493 e. The molecule has 1 aliphatic heterocycles. The molecular formula is C28H24Cl2N6O4S2. The molecule has 0 saturated carbocycles. The van der Waals surface area contributed by atoms with Crippen LogP contribution in [0.25, 0.3) is 0 Å². The number of hydrogen-bond acceptors (Lipinski definition) is 11. The fraction of sp³-hybridized carbons (Fsp3) is 0.250. The highest BCUT2D eigenvalue weighted by atomic mass is 35.5. The number of ketones is 1. The number of allylic oxidation sites excluding steroid dienone is 3. The van der Waals surface area contributed by atoms with Gasteiger partial charge in [-0.1, -0.05) is 52.4 Å². The Labute approximate surface area is 260 Å². The van der Waals surface area contributed by atoms with E-state index in [4.69, 9.17) is 38.4 Å². The number of benzene rings is 2. The Morgan fingerprint density at radius 3 is 2.67 bits per heavy atom. The van der Waals surface area contributed by atoms with Crippen molar-refractivity contribution in [3.05, 3.63) is 74.7 Å². The zero-order chi connectivity index (χ0) is 30.0. The van der Waals surface area contributed by atoms with E-state index < -0.39 is 5.92 Å². The maximum atomic E-state index is 13.3. The van der Waals surface area contributed by atoms with Crippen LogP contribution in [0.4, 0.5) is 10.8 Å². The molecule has 3 N–H and O–H groups in total. The third-order valence-electron chi connectivity index (χ3n) is 6.77. The zero-order valence-electron chi connectivity index (χ0n) is 22.4. The number of ether oxygens (including phenoxy) is 2. The number of nitrogens with zero attached hydrogens (tertiary/aromatic N) is 4. The lowest BCUT2D eigenvalue weighted by Crippen LogP contribution is -2.38. The average molecular weight is 644 g/mol. The van der Waals surface area contributed by atoms with Gasteiger partial charge in [0.2, 0.25) is 11.0 Å². The summed E-state index contributed by atoms with van der Waals surface area (Å²) in [6.07, 6.45) is 1.55. The van der Waals surface area contributed by atoms with Gasteiger partial charge in [0.1, 0.15) is 5.82 Å². The van der Waals surface area contributed by atoms with E-state index >= 15 is 0 Å². The van der Waals surface area contributed by atoms with Crippen LogP contribution in [0.3, 0.4) is 0 Å². The molecule has 2 heterocycles. The Morgan fingerprint density at radius 1 is 1.17 bits per heavy atom. The van der Waals surface area contributed by atoms with Gasteiger partial charge >= 0.3 is 0 Å². The van der Waals surface area contributed by atoms with E-state index in [-0.39, 0.29) is 28.8 Å². The molecule has 1 atom stereocenters. The first-order valence-corrected chi connectivity index (χ1v) is 15.2. The number of anilines is 2. The third kappa shape index (κ3) is 5.78. The molecule has 2 aliphatic rings. The lowest BCUT2D eigenvalue weighted by atomic mass is 9.76. The molecule has 5 rings (SSSR count). The van der Waals surface area contributed by atoms with Crippen molar-refractivity contribution in [3.63, 3.8) is 0 Å². The molecule has 0 radical (unpaired) electrons. The molecule has 42 heavy (non-hydrogen) atoms. The average Bonchev–Trinajstić information content (AvgIpc) is 3.45. The lowest BCUT2D eigenvalue weighted by molar-refractivity contribution is -0.116. The molecule has 1 aliphatic carbocycles. The van der Waals surface area contributed by atoms with Gasteiger partial charge in [0.15, 0.2) is 21.6 Å². The normalized spacial score (nSPS) is 16.7. The molecule has 1 aromatic heterocycles. The smallest absolute Gasteiger partial charge is 0.234 e. The van der Waals surface area contributed by atoms with Gasteiger partial charge in [-0.3, -0.25) is 14.5 Å². The Morgan fingerprint density at radius 2 is 1.95 bits per heavy atom. The van der Waals surface area contributed by atoms with Crippen LogP contribution in [0.5, 0.6) is 11.5 Å². The summed E-state index contributed by atoms with van der Waals surface area (Å²) in [5.41, 5.74) is 9.19. The summed E-state index contributed by atoms with van der Waals surface area (Å²) in [6, 6.07) is 12.3. The molecule has 0 fully saturated rings. The molecule has 1 unspecified atom stereocenters. The maximum absolute atomic E-state index is 13.3. The van der Waals surface area contributed by atoms with Gasteiger partial charge in [-0.25, -0.2) is 0 Å². The first-order valence-electron chi connectivity index (χ1n) is 12.6. The number of rotatable bonds is 8. The highest BCUT2D eigenvalue weighted by molar-refractivity contribution is 8.01. The summed E-state index contributed by atoms with van der Waals surface area (Å²) in [5, 5.41) is 22.6. The van der Waals surface area contributed by atoms with Crippen LogP contribution < -0.4 is 25.4 Å². The number of halogens is 2. The second kappa shape index (κ2) is 12.6. The monoisotopic (exact) mass is 642 g/mol. The van der Waals surface area contributed by atoms with Crippen LogP contribution in [-0.4, -0.2) is 41.9 Å². The van der Waals surface area contributed by atoms with Crippen molar-refractivity contribution in [2.45, 2.75) is 29.5 Å². The summed E-state index contributed by atoms with van der Waals surface area (Å²) in [7, 11) is 3.06.